The van der Waals surface area contributed by atoms with Gasteiger partial charge >= 0.3 is 5.69 Å². The van der Waals surface area contributed by atoms with Gasteiger partial charge in [0, 0.05) is 6.20 Å². The molecule has 0 saturated carbocycles. The largest absolute Gasteiger partial charge is 0.345 e. The molecule has 0 atom stereocenters. The molecule has 0 unspecified atom stereocenters. The lowest BCUT2D eigenvalue weighted by Crippen LogP contribution is -2.09. The highest BCUT2D eigenvalue weighted by Crippen LogP contribution is 2.14. The van der Waals surface area contributed by atoms with E-state index in [0.29, 0.717) is 11.4 Å². The van der Waals surface area contributed by atoms with Gasteiger partial charge in [-0.15, -0.1) is 0 Å². The van der Waals surface area contributed by atoms with Gasteiger partial charge in [-0.2, -0.15) is 0 Å². The van der Waals surface area contributed by atoms with Crippen LogP contribution in [-0.2, 0) is 0 Å². The molecule has 5 heteroatoms. The zero-order chi connectivity index (χ0) is 9.97. The quantitative estimate of drug-likeness (QED) is 0.784. The van der Waals surface area contributed by atoms with Crippen LogP contribution in [0.3, 0.4) is 0 Å². The second-order valence-electron chi connectivity index (χ2n) is 2.63. The Morgan fingerprint density at radius 2 is 2.14 bits per heavy atom. The molecule has 2 aromatic rings. The second-order valence-corrected chi connectivity index (χ2v) is 3.45. The molecular weight excluding hydrogens is 246 g/mol. The molecule has 0 aliphatic carbocycles. The maximum atomic E-state index is 10.9. The summed E-state index contributed by atoms with van der Waals surface area (Å²) in [6.07, 6.45) is 1.46. The molecule has 0 spiro atoms. The van der Waals surface area contributed by atoms with E-state index in [9.17, 15) is 4.79 Å². The minimum Gasteiger partial charge on any atom is -0.304 e. The van der Waals surface area contributed by atoms with Gasteiger partial charge in [0.2, 0.25) is 0 Å². The highest BCUT2D eigenvalue weighted by molar-refractivity contribution is 9.10. The van der Waals surface area contributed by atoms with Crippen LogP contribution in [0.25, 0.3) is 11.4 Å². The Morgan fingerprint density at radius 3 is 2.86 bits per heavy atom. The fourth-order valence-electron chi connectivity index (χ4n) is 1.08. The molecule has 0 aromatic carbocycles. The zero-order valence-corrected chi connectivity index (χ0v) is 8.65. The van der Waals surface area contributed by atoms with E-state index in [4.69, 9.17) is 0 Å². The number of halogens is 1. The number of hydrogen-bond acceptors (Lipinski definition) is 3. The van der Waals surface area contributed by atoms with Crippen LogP contribution < -0.4 is 5.69 Å². The molecule has 2 aromatic heterocycles. The summed E-state index contributed by atoms with van der Waals surface area (Å²) >= 11 is 3.26. The van der Waals surface area contributed by atoms with Gasteiger partial charge in [-0.05, 0) is 34.1 Å². The summed E-state index contributed by atoms with van der Waals surface area (Å²) in [5.41, 5.74) is 0.995. The summed E-state index contributed by atoms with van der Waals surface area (Å²) < 4.78 is 0.729. The van der Waals surface area contributed by atoms with Crippen molar-refractivity contribution in [3.8, 4) is 11.4 Å². The number of nitrogens with zero attached hydrogens (tertiary/aromatic N) is 2. The Morgan fingerprint density at radius 1 is 1.29 bits per heavy atom. The molecule has 4 nitrogen and oxygen atoms in total. The van der Waals surface area contributed by atoms with Gasteiger partial charge in [0.15, 0.2) is 0 Å². The summed E-state index contributed by atoms with van der Waals surface area (Å²) in [4.78, 5) is 21.3. The molecule has 0 radical (unpaired) electrons. The van der Waals surface area contributed by atoms with Crippen molar-refractivity contribution in [1.29, 1.82) is 0 Å². The van der Waals surface area contributed by atoms with Crippen molar-refractivity contribution in [2.45, 2.75) is 0 Å². The normalized spacial score (nSPS) is 10.1. The molecule has 0 bridgehead atoms. The Hall–Kier alpha value is -1.49. The SMILES string of the molecule is O=c1nccc(-c2cccc(Br)n2)[nH]1. The molecule has 0 amide bonds. The minimum atomic E-state index is -0.371. The molecule has 70 valence electrons. The third kappa shape index (κ3) is 1.88. The predicted molar refractivity (Wildman–Crippen MR) is 55.8 cm³/mol. The predicted octanol–water partition coefficient (Wildman–Crippen LogP) is 1.59. The number of rotatable bonds is 1. The van der Waals surface area contributed by atoms with Gasteiger partial charge in [0.25, 0.3) is 0 Å². The van der Waals surface area contributed by atoms with Crippen LogP contribution in [-0.4, -0.2) is 15.0 Å². The zero-order valence-electron chi connectivity index (χ0n) is 7.07. The van der Waals surface area contributed by atoms with Crippen molar-refractivity contribution >= 4 is 15.9 Å². The number of nitrogens with one attached hydrogen (secondary N) is 1. The van der Waals surface area contributed by atoms with Gasteiger partial charge in [0.1, 0.15) is 4.60 Å². The summed E-state index contributed by atoms with van der Waals surface area (Å²) in [6.45, 7) is 0. The molecule has 2 heterocycles. The highest BCUT2D eigenvalue weighted by atomic mass is 79.9. The standard InChI is InChI=1S/C9H6BrN3O/c10-8-3-1-2-6(12-8)7-4-5-11-9(14)13-7/h1-5H,(H,11,13,14). The van der Waals surface area contributed by atoms with E-state index in [2.05, 4.69) is 30.9 Å². The maximum Gasteiger partial charge on any atom is 0.345 e. The Bertz CT molecular complexity index is 509. The topological polar surface area (TPSA) is 58.6 Å². The van der Waals surface area contributed by atoms with Crippen molar-refractivity contribution in [2.24, 2.45) is 0 Å². The van der Waals surface area contributed by atoms with Crippen molar-refractivity contribution in [1.82, 2.24) is 15.0 Å². The molecule has 14 heavy (non-hydrogen) atoms. The van der Waals surface area contributed by atoms with Crippen LogP contribution in [0.15, 0.2) is 39.9 Å². The van der Waals surface area contributed by atoms with E-state index >= 15 is 0 Å². The summed E-state index contributed by atoms with van der Waals surface area (Å²) in [7, 11) is 0. The number of pyridine rings is 1. The second kappa shape index (κ2) is 3.71. The number of H-pyrrole nitrogens is 1. The van der Waals surface area contributed by atoms with Gasteiger partial charge in [0.05, 0.1) is 11.4 Å². The molecule has 0 aliphatic rings. The van der Waals surface area contributed by atoms with Gasteiger partial charge < -0.3 is 4.98 Å². The van der Waals surface area contributed by atoms with Crippen LogP contribution in [0.1, 0.15) is 0 Å². The van der Waals surface area contributed by atoms with E-state index in [1.54, 1.807) is 6.07 Å². The smallest absolute Gasteiger partial charge is 0.304 e. The van der Waals surface area contributed by atoms with Crippen LogP contribution in [0, 0.1) is 0 Å². The fraction of sp³-hybridized carbons (Fsp3) is 0. The van der Waals surface area contributed by atoms with Crippen LogP contribution in [0.5, 0.6) is 0 Å². The molecule has 2 rings (SSSR count). The lowest BCUT2D eigenvalue weighted by atomic mass is 10.3. The first-order chi connectivity index (χ1) is 6.75. The van der Waals surface area contributed by atoms with Crippen LogP contribution >= 0.6 is 15.9 Å². The molecule has 0 aliphatic heterocycles. The van der Waals surface area contributed by atoms with Gasteiger partial charge in [-0.3, -0.25) is 0 Å². The lowest BCUT2D eigenvalue weighted by molar-refractivity contribution is 1.07. The van der Waals surface area contributed by atoms with Crippen LogP contribution in [0.2, 0.25) is 0 Å². The molecular formula is C9H6BrN3O. The first kappa shape index (κ1) is 9.08. The Labute approximate surface area is 88.2 Å². The maximum absolute atomic E-state index is 10.9. The van der Waals surface area contributed by atoms with E-state index in [1.165, 1.54) is 6.20 Å². The fourth-order valence-corrected chi connectivity index (χ4v) is 1.42. The molecule has 0 fully saturated rings. The van der Waals surface area contributed by atoms with Crippen molar-refractivity contribution in [3.05, 3.63) is 45.5 Å². The molecule has 0 saturated heterocycles. The summed E-state index contributed by atoms with van der Waals surface area (Å²) in [5.74, 6) is 0. The van der Waals surface area contributed by atoms with Crippen LogP contribution in [0.4, 0.5) is 0 Å². The molecule has 1 N–H and O–H groups in total. The van der Waals surface area contributed by atoms with Gasteiger partial charge in [-0.1, -0.05) is 6.07 Å². The van der Waals surface area contributed by atoms with E-state index in [0.717, 1.165) is 4.60 Å². The van der Waals surface area contributed by atoms with Crippen molar-refractivity contribution < 1.29 is 0 Å². The van der Waals surface area contributed by atoms with E-state index < -0.39 is 0 Å². The number of aromatic nitrogens is 3. The Kier molecular flexibility index (Phi) is 2.41. The monoisotopic (exact) mass is 251 g/mol. The number of aromatic amines is 1. The highest BCUT2D eigenvalue weighted by Gasteiger charge is 1.99. The third-order valence-electron chi connectivity index (χ3n) is 1.67. The van der Waals surface area contributed by atoms with Crippen molar-refractivity contribution in [2.75, 3.05) is 0 Å². The summed E-state index contributed by atoms with van der Waals surface area (Å²) in [5, 5.41) is 0. The first-order valence-electron chi connectivity index (χ1n) is 3.94. The van der Waals surface area contributed by atoms with Gasteiger partial charge in [-0.25, -0.2) is 14.8 Å². The lowest BCUT2D eigenvalue weighted by Gasteiger charge is -1.99. The minimum absolute atomic E-state index is 0.371. The van der Waals surface area contributed by atoms with E-state index in [-0.39, 0.29) is 5.69 Å². The average Bonchev–Trinajstić information content (AvgIpc) is 2.18. The Balaban J connectivity index is 2.55. The van der Waals surface area contributed by atoms with Crippen molar-refractivity contribution in [3.63, 3.8) is 0 Å². The first-order valence-corrected chi connectivity index (χ1v) is 4.73. The summed E-state index contributed by atoms with van der Waals surface area (Å²) in [6, 6.07) is 7.19. The average molecular weight is 252 g/mol. The van der Waals surface area contributed by atoms with E-state index in [1.807, 2.05) is 18.2 Å². The third-order valence-corrected chi connectivity index (χ3v) is 2.11. The number of hydrogen-bond donors (Lipinski definition) is 1.